The summed E-state index contributed by atoms with van der Waals surface area (Å²) in [7, 11) is -3.54. The molecule has 0 aromatic heterocycles. The monoisotopic (exact) mass is 374 g/mol. The lowest BCUT2D eigenvalue weighted by molar-refractivity contribution is 0.187. The molecule has 3 nitrogen and oxygen atoms in total. The minimum Gasteiger partial charge on any atom is -0.385 e. The average molecular weight is 375 g/mol. The Morgan fingerprint density at radius 1 is 1.44 bits per heavy atom. The SMILES string of the molecule is CCS(=O)(=O)[C@](Cl)(I)[C@H](O)c1ccccc1. The predicted molar refractivity (Wildman–Crippen MR) is 73.5 cm³/mol. The standard InChI is InChI=1S/C10H12ClIO3S/c1-2-16(14,15)10(11,12)9(13)8-6-4-3-5-7-8/h3-7,9,13H,2H2,1H3/t9-,10-/m1/s1. The number of hydrogen-bond donors (Lipinski definition) is 1. The molecule has 0 saturated heterocycles. The smallest absolute Gasteiger partial charge is 0.225 e. The van der Waals surface area contributed by atoms with Gasteiger partial charge in [-0.15, -0.1) is 0 Å². The first-order valence-electron chi connectivity index (χ1n) is 4.66. The van der Waals surface area contributed by atoms with Gasteiger partial charge in [-0.1, -0.05) is 48.9 Å². The molecular formula is C10H12ClIO3S. The van der Waals surface area contributed by atoms with Crippen LogP contribution in [0.25, 0.3) is 0 Å². The van der Waals surface area contributed by atoms with E-state index in [2.05, 4.69) is 0 Å². The van der Waals surface area contributed by atoms with Crippen molar-refractivity contribution in [3.8, 4) is 0 Å². The van der Waals surface area contributed by atoms with Gasteiger partial charge in [-0.3, -0.25) is 0 Å². The Morgan fingerprint density at radius 2 is 1.94 bits per heavy atom. The van der Waals surface area contributed by atoms with Gasteiger partial charge in [0.2, 0.25) is 2.21 Å². The van der Waals surface area contributed by atoms with Gasteiger partial charge in [0.05, 0.1) is 5.75 Å². The predicted octanol–water partition coefficient (Wildman–Crippen LogP) is 2.48. The average Bonchev–Trinajstić information content (AvgIpc) is 2.29. The maximum atomic E-state index is 11.7. The largest absolute Gasteiger partial charge is 0.385 e. The van der Waals surface area contributed by atoms with Crippen LogP contribution in [-0.2, 0) is 9.84 Å². The van der Waals surface area contributed by atoms with Crippen LogP contribution in [0.2, 0.25) is 0 Å². The van der Waals surface area contributed by atoms with E-state index >= 15 is 0 Å². The van der Waals surface area contributed by atoms with Crippen LogP contribution in [0.4, 0.5) is 0 Å². The van der Waals surface area contributed by atoms with Crippen molar-refractivity contribution in [3.05, 3.63) is 35.9 Å². The third-order valence-electron chi connectivity index (χ3n) is 2.23. The second-order valence-corrected chi connectivity index (χ2v) is 9.62. The van der Waals surface area contributed by atoms with E-state index in [-0.39, 0.29) is 5.75 Å². The highest BCUT2D eigenvalue weighted by molar-refractivity contribution is 14.1. The number of hydrogen-bond acceptors (Lipinski definition) is 3. The van der Waals surface area contributed by atoms with Crippen LogP contribution in [0.5, 0.6) is 0 Å². The Bertz CT molecular complexity index is 444. The zero-order valence-electron chi connectivity index (χ0n) is 8.60. The molecule has 16 heavy (non-hydrogen) atoms. The number of sulfone groups is 1. The van der Waals surface area contributed by atoms with Crippen molar-refractivity contribution in [2.75, 3.05) is 5.75 Å². The second kappa shape index (κ2) is 5.20. The number of rotatable bonds is 4. The molecule has 1 N–H and O–H groups in total. The van der Waals surface area contributed by atoms with Crippen molar-refractivity contribution < 1.29 is 13.5 Å². The fourth-order valence-corrected chi connectivity index (χ4v) is 3.80. The zero-order chi connectivity index (χ0) is 12.4. The van der Waals surface area contributed by atoms with Gasteiger partial charge in [0, 0.05) is 0 Å². The Balaban J connectivity index is 3.11. The molecule has 0 amide bonds. The molecule has 90 valence electrons. The molecule has 0 bridgehead atoms. The summed E-state index contributed by atoms with van der Waals surface area (Å²) in [6.45, 7) is 1.50. The molecule has 1 rings (SSSR count). The summed E-state index contributed by atoms with van der Waals surface area (Å²) < 4.78 is 21.8. The molecule has 0 spiro atoms. The van der Waals surface area contributed by atoms with Gasteiger partial charge in [-0.2, -0.15) is 0 Å². The Labute approximate surface area is 114 Å². The summed E-state index contributed by atoms with van der Waals surface area (Å²) in [5, 5.41) is 10.00. The summed E-state index contributed by atoms with van der Waals surface area (Å²) in [4.78, 5) is 0. The van der Waals surface area contributed by atoms with Gasteiger partial charge in [-0.25, -0.2) is 8.42 Å². The quantitative estimate of drug-likeness (QED) is 0.651. The maximum Gasteiger partial charge on any atom is 0.225 e. The minimum absolute atomic E-state index is 0.108. The van der Waals surface area contributed by atoms with Crippen molar-refractivity contribution in [1.29, 1.82) is 0 Å². The van der Waals surface area contributed by atoms with Gasteiger partial charge in [0.1, 0.15) is 6.10 Å². The van der Waals surface area contributed by atoms with Crippen LogP contribution in [-0.4, -0.2) is 21.5 Å². The summed E-state index contributed by atoms with van der Waals surface area (Å²) >= 11 is 7.54. The Kier molecular flexibility index (Phi) is 4.62. The van der Waals surface area contributed by atoms with Crippen LogP contribution < -0.4 is 0 Å². The van der Waals surface area contributed by atoms with Gasteiger partial charge < -0.3 is 5.11 Å². The van der Waals surface area contributed by atoms with Crippen molar-refractivity contribution in [1.82, 2.24) is 0 Å². The molecule has 0 aliphatic carbocycles. The van der Waals surface area contributed by atoms with Crippen molar-refractivity contribution in [3.63, 3.8) is 0 Å². The lowest BCUT2D eigenvalue weighted by atomic mass is 10.1. The zero-order valence-corrected chi connectivity index (χ0v) is 12.3. The number of alkyl halides is 2. The molecule has 0 unspecified atom stereocenters. The van der Waals surface area contributed by atoms with Crippen molar-refractivity contribution >= 4 is 44.0 Å². The fourth-order valence-electron chi connectivity index (χ4n) is 1.19. The number of aliphatic hydroxyl groups excluding tert-OH is 1. The molecule has 1 aromatic carbocycles. The summed E-state index contributed by atoms with van der Waals surface area (Å²) in [6.07, 6.45) is -1.25. The Hall–Kier alpha value is 0.150. The highest BCUT2D eigenvalue weighted by Crippen LogP contribution is 2.43. The molecule has 0 aliphatic rings. The number of halogens is 2. The Morgan fingerprint density at radius 3 is 2.38 bits per heavy atom. The molecule has 2 atom stereocenters. The molecule has 0 aliphatic heterocycles. The van der Waals surface area contributed by atoms with E-state index in [1.165, 1.54) is 6.92 Å². The molecule has 6 heteroatoms. The molecule has 1 aromatic rings. The minimum atomic E-state index is -3.54. The maximum absolute atomic E-state index is 11.7. The first kappa shape index (κ1) is 14.2. The lowest BCUT2D eigenvalue weighted by Crippen LogP contribution is -2.34. The topological polar surface area (TPSA) is 54.4 Å². The highest BCUT2D eigenvalue weighted by Gasteiger charge is 2.45. The van der Waals surface area contributed by atoms with Crippen molar-refractivity contribution in [2.24, 2.45) is 0 Å². The van der Waals surface area contributed by atoms with E-state index < -0.39 is 18.2 Å². The van der Waals surface area contributed by atoms with Gasteiger partial charge >= 0.3 is 0 Å². The summed E-state index contributed by atoms with van der Waals surface area (Å²) in [5.41, 5.74) is 0.490. The normalized spacial score (nSPS) is 17.8. The van der Waals surface area contributed by atoms with E-state index in [1.54, 1.807) is 52.9 Å². The molecular weight excluding hydrogens is 363 g/mol. The van der Waals surface area contributed by atoms with Crippen LogP contribution >= 0.6 is 34.2 Å². The molecule has 0 heterocycles. The number of aliphatic hydroxyl groups is 1. The third kappa shape index (κ3) is 2.69. The summed E-state index contributed by atoms with van der Waals surface area (Å²) in [6, 6.07) is 8.52. The van der Waals surface area contributed by atoms with E-state index in [0.29, 0.717) is 5.56 Å². The first-order chi connectivity index (χ1) is 7.33. The second-order valence-electron chi connectivity index (χ2n) is 3.28. The van der Waals surface area contributed by atoms with E-state index in [0.717, 1.165) is 0 Å². The van der Waals surface area contributed by atoms with Crippen LogP contribution in [0.1, 0.15) is 18.6 Å². The van der Waals surface area contributed by atoms with Gasteiger partial charge in [0.15, 0.2) is 9.84 Å². The van der Waals surface area contributed by atoms with Crippen molar-refractivity contribution in [2.45, 2.75) is 15.2 Å². The van der Waals surface area contributed by atoms with Crippen LogP contribution in [0, 0.1) is 0 Å². The lowest BCUT2D eigenvalue weighted by Gasteiger charge is -2.25. The number of benzene rings is 1. The third-order valence-corrected chi connectivity index (χ3v) is 7.56. The molecule has 0 saturated carbocycles. The van der Waals surface area contributed by atoms with Crippen LogP contribution in [0.3, 0.4) is 0 Å². The first-order valence-corrected chi connectivity index (χ1v) is 7.77. The van der Waals surface area contributed by atoms with E-state index in [1.807, 2.05) is 0 Å². The summed E-state index contributed by atoms with van der Waals surface area (Å²) in [5.74, 6) is -0.108. The molecule has 0 fully saturated rings. The van der Waals surface area contributed by atoms with Gasteiger partial charge in [-0.05, 0) is 28.2 Å². The fraction of sp³-hybridized carbons (Fsp3) is 0.400. The molecule has 0 radical (unpaired) electrons. The van der Waals surface area contributed by atoms with E-state index in [4.69, 9.17) is 11.6 Å². The van der Waals surface area contributed by atoms with E-state index in [9.17, 15) is 13.5 Å². The highest BCUT2D eigenvalue weighted by atomic mass is 127. The van der Waals surface area contributed by atoms with Crippen LogP contribution in [0.15, 0.2) is 30.3 Å². The van der Waals surface area contributed by atoms with Gasteiger partial charge in [0.25, 0.3) is 0 Å².